The van der Waals surface area contributed by atoms with E-state index in [0.717, 1.165) is 0 Å². The van der Waals surface area contributed by atoms with Crippen LogP contribution in [0.3, 0.4) is 0 Å². The lowest BCUT2D eigenvalue weighted by atomic mass is 10.6. The standard InChI is InChI=1S/C5H3Cl2N/c6-4-2-1-3-8-5(4)7/h1-3H/i5+1. The van der Waals surface area contributed by atoms with Gasteiger partial charge in [0.05, 0.1) is 5.02 Å². The molecule has 1 aromatic heterocycles. The Balaban J connectivity index is 3.13. The highest BCUT2D eigenvalue weighted by Crippen LogP contribution is 2.16. The highest BCUT2D eigenvalue weighted by molar-refractivity contribution is 6.41. The quantitative estimate of drug-likeness (QED) is 0.516. The zero-order chi connectivity index (χ0) is 5.98. The second kappa shape index (κ2) is 2.33. The second-order valence-electron chi connectivity index (χ2n) is 1.28. The fraction of sp³-hybridized carbons (Fsp3) is 0. The summed E-state index contributed by atoms with van der Waals surface area (Å²) in [5.74, 6) is 0. The van der Waals surface area contributed by atoms with Crippen molar-refractivity contribution in [1.82, 2.24) is 4.98 Å². The van der Waals surface area contributed by atoms with Gasteiger partial charge in [-0.15, -0.1) is 0 Å². The van der Waals surface area contributed by atoms with E-state index in [1.54, 1.807) is 18.3 Å². The lowest BCUT2D eigenvalue weighted by molar-refractivity contribution is 1.33. The summed E-state index contributed by atoms with van der Waals surface area (Å²) in [5.41, 5.74) is 0. The van der Waals surface area contributed by atoms with Crippen molar-refractivity contribution in [3.05, 3.63) is 28.5 Å². The summed E-state index contributed by atoms with van der Waals surface area (Å²) >= 11 is 11.0. The maximum Gasteiger partial charge on any atom is 0.147 e. The van der Waals surface area contributed by atoms with Gasteiger partial charge in [-0.3, -0.25) is 0 Å². The molecule has 1 heterocycles. The van der Waals surface area contributed by atoms with Crippen LogP contribution >= 0.6 is 23.2 Å². The molecule has 0 bridgehead atoms. The molecule has 0 aliphatic carbocycles. The molecular formula is C5H3Cl2N. The molecule has 0 aliphatic heterocycles. The molecule has 42 valence electrons. The molecule has 0 saturated heterocycles. The Hall–Kier alpha value is -0.270. The number of halogens is 2. The summed E-state index contributed by atoms with van der Waals surface area (Å²) in [7, 11) is 0. The average Bonchev–Trinajstić information content (AvgIpc) is 1.77. The number of pyridine rings is 1. The Morgan fingerprint density at radius 2 is 2.12 bits per heavy atom. The van der Waals surface area contributed by atoms with E-state index in [1.165, 1.54) is 0 Å². The van der Waals surface area contributed by atoms with Crippen molar-refractivity contribution < 1.29 is 0 Å². The topological polar surface area (TPSA) is 12.9 Å². The predicted octanol–water partition coefficient (Wildman–Crippen LogP) is 2.39. The third-order valence-corrected chi connectivity index (χ3v) is 1.42. The Bertz CT molecular complexity index is 167. The van der Waals surface area contributed by atoms with Gasteiger partial charge in [-0.1, -0.05) is 23.2 Å². The monoisotopic (exact) mass is 148 g/mol. The van der Waals surface area contributed by atoms with Gasteiger partial charge in [0, 0.05) is 6.20 Å². The summed E-state index contributed by atoms with van der Waals surface area (Å²) < 4.78 is 0. The highest BCUT2D eigenvalue weighted by Gasteiger charge is 1.91. The fourth-order valence-electron chi connectivity index (χ4n) is 0.366. The van der Waals surface area contributed by atoms with Gasteiger partial charge in [0.15, 0.2) is 0 Å². The van der Waals surface area contributed by atoms with E-state index in [1.807, 2.05) is 0 Å². The van der Waals surface area contributed by atoms with Crippen LogP contribution < -0.4 is 0 Å². The molecular weight excluding hydrogens is 146 g/mol. The highest BCUT2D eigenvalue weighted by atomic mass is 35.5. The normalized spacial score (nSPS) is 9.25. The molecule has 1 nitrogen and oxygen atoms in total. The lowest BCUT2D eigenvalue weighted by Crippen LogP contribution is -1.70. The van der Waals surface area contributed by atoms with Crippen molar-refractivity contribution in [2.45, 2.75) is 0 Å². The van der Waals surface area contributed by atoms with Crippen LogP contribution in [-0.4, -0.2) is 4.98 Å². The largest absolute Gasteiger partial charge is 0.243 e. The summed E-state index contributed by atoms with van der Waals surface area (Å²) in [6.07, 6.45) is 1.59. The van der Waals surface area contributed by atoms with Crippen LogP contribution in [0.15, 0.2) is 18.3 Å². The van der Waals surface area contributed by atoms with Gasteiger partial charge >= 0.3 is 0 Å². The van der Waals surface area contributed by atoms with E-state index in [0.29, 0.717) is 10.2 Å². The summed E-state index contributed by atoms with van der Waals surface area (Å²) in [5, 5.41) is 0.850. The first-order valence-electron chi connectivity index (χ1n) is 2.07. The van der Waals surface area contributed by atoms with Crippen LogP contribution in [0, 0.1) is 0 Å². The van der Waals surface area contributed by atoms with E-state index in [4.69, 9.17) is 23.2 Å². The zero-order valence-corrected chi connectivity index (χ0v) is 5.45. The van der Waals surface area contributed by atoms with Crippen LogP contribution in [0.25, 0.3) is 0 Å². The molecule has 1 aromatic rings. The molecule has 0 spiro atoms. The second-order valence-corrected chi connectivity index (χ2v) is 2.04. The number of hydrogen-bond acceptors (Lipinski definition) is 1. The minimum absolute atomic E-state index is 0.356. The molecule has 0 amide bonds. The molecule has 0 saturated carbocycles. The first-order valence-corrected chi connectivity index (χ1v) is 2.82. The molecule has 0 aromatic carbocycles. The van der Waals surface area contributed by atoms with E-state index in [-0.39, 0.29) is 0 Å². The van der Waals surface area contributed by atoms with Crippen LogP contribution in [0.2, 0.25) is 10.2 Å². The predicted molar refractivity (Wildman–Crippen MR) is 34.3 cm³/mol. The van der Waals surface area contributed by atoms with Gasteiger partial charge in [-0.2, -0.15) is 0 Å². The number of hydrogen-bond donors (Lipinski definition) is 0. The smallest absolute Gasteiger partial charge is 0.147 e. The minimum Gasteiger partial charge on any atom is -0.243 e. The fourth-order valence-corrected chi connectivity index (χ4v) is 0.607. The van der Waals surface area contributed by atoms with Crippen molar-refractivity contribution >= 4 is 23.2 Å². The summed E-state index contributed by atoms with van der Waals surface area (Å²) in [6, 6.07) is 3.42. The van der Waals surface area contributed by atoms with Gasteiger partial charge in [0.25, 0.3) is 0 Å². The maximum atomic E-state index is 5.51. The Kier molecular flexibility index (Phi) is 1.71. The van der Waals surface area contributed by atoms with Crippen LogP contribution in [-0.2, 0) is 0 Å². The third-order valence-electron chi connectivity index (χ3n) is 0.714. The van der Waals surface area contributed by atoms with Crippen LogP contribution in [0.4, 0.5) is 0 Å². The average molecular weight is 149 g/mol. The molecule has 0 atom stereocenters. The SMILES string of the molecule is Clc1cccn[13c]1Cl. The van der Waals surface area contributed by atoms with Gasteiger partial charge in [0.2, 0.25) is 0 Å². The van der Waals surface area contributed by atoms with Crippen molar-refractivity contribution in [2.75, 3.05) is 0 Å². The lowest BCUT2D eigenvalue weighted by Gasteiger charge is -1.87. The van der Waals surface area contributed by atoms with Crippen molar-refractivity contribution in [1.29, 1.82) is 0 Å². The van der Waals surface area contributed by atoms with Crippen molar-refractivity contribution in [3.63, 3.8) is 0 Å². The third kappa shape index (κ3) is 1.11. The molecule has 0 aliphatic rings. The van der Waals surface area contributed by atoms with Crippen LogP contribution in [0.5, 0.6) is 0 Å². The van der Waals surface area contributed by atoms with E-state index in [9.17, 15) is 0 Å². The summed E-state index contributed by atoms with van der Waals surface area (Å²) in [6.45, 7) is 0. The Morgan fingerprint density at radius 3 is 2.50 bits per heavy atom. The van der Waals surface area contributed by atoms with Gasteiger partial charge in [-0.25, -0.2) is 4.98 Å². The minimum atomic E-state index is 0.356. The number of nitrogens with zero attached hydrogens (tertiary/aromatic N) is 1. The first-order chi connectivity index (χ1) is 3.80. The molecule has 8 heavy (non-hydrogen) atoms. The first kappa shape index (κ1) is 5.86. The Labute approximate surface area is 57.3 Å². The van der Waals surface area contributed by atoms with E-state index < -0.39 is 0 Å². The summed E-state index contributed by atoms with van der Waals surface area (Å²) in [4.78, 5) is 3.71. The Morgan fingerprint density at radius 1 is 1.38 bits per heavy atom. The van der Waals surface area contributed by atoms with Crippen molar-refractivity contribution in [2.24, 2.45) is 0 Å². The van der Waals surface area contributed by atoms with E-state index >= 15 is 0 Å². The molecule has 0 unspecified atom stereocenters. The van der Waals surface area contributed by atoms with Gasteiger partial charge in [-0.05, 0) is 12.1 Å². The number of aromatic nitrogens is 1. The van der Waals surface area contributed by atoms with E-state index in [2.05, 4.69) is 4.98 Å². The van der Waals surface area contributed by atoms with Gasteiger partial charge < -0.3 is 0 Å². The molecule has 0 radical (unpaired) electrons. The zero-order valence-electron chi connectivity index (χ0n) is 3.94. The van der Waals surface area contributed by atoms with Gasteiger partial charge in [0.1, 0.15) is 5.15 Å². The maximum absolute atomic E-state index is 5.51. The van der Waals surface area contributed by atoms with Crippen molar-refractivity contribution in [3.8, 4) is 0 Å². The molecule has 0 N–H and O–H groups in total. The molecule has 0 fully saturated rings. The molecule has 1 rings (SSSR count). The number of rotatable bonds is 0. The van der Waals surface area contributed by atoms with Crippen LogP contribution in [0.1, 0.15) is 0 Å². The molecule has 3 heteroatoms.